The molecule has 1 aliphatic rings. The first kappa shape index (κ1) is 28.8. The number of anilines is 2. The molecule has 0 unspecified atom stereocenters. The Morgan fingerprint density at radius 3 is 1.64 bits per heavy atom. The molecule has 2 heterocycles. The summed E-state index contributed by atoms with van der Waals surface area (Å²) < 4.78 is 0. The van der Waals surface area contributed by atoms with E-state index in [1.165, 1.54) is 46.9 Å². The zero-order chi connectivity index (χ0) is 29.6. The zero-order valence-electron chi connectivity index (χ0n) is 22.0. The minimum atomic E-state index is -0.502. The van der Waals surface area contributed by atoms with E-state index in [0.717, 1.165) is 35.7 Å². The van der Waals surface area contributed by atoms with Gasteiger partial charge in [-0.05, 0) is 30.4 Å². The average Bonchev–Trinajstić information content (AvgIpc) is 3.63. The number of nitrogens with zero attached hydrogens (tertiary/aromatic N) is 6. The summed E-state index contributed by atoms with van der Waals surface area (Å²) in [7, 11) is 0. The summed E-state index contributed by atoms with van der Waals surface area (Å²) in [6, 6.07) is 11.9. The maximum absolute atomic E-state index is 12.5. The molecule has 0 bridgehead atoms. The van der Waals surface area contributed by atoms with Crippen molar-refractivity contribution in [2.75, 3.05) is 10.6 Å². The minimum absolute atomic E-state index is 0.0245. The second kappa shape index (κ2) is 12.9. The monoisotopic (exact) mass is 608 g/mol. The number of benzene rings is 2. The molecule has 14 nitrogen and oxygen atoms in total. The van der Waals surface area contributed by atoms with Gasteiger partial charge >= 0.3 is 0 Å². The second-order valence-corrected chi connectivity index (χ2v) is 11.8. The van der Waals surface area contributed by atoms with Crippen LogP contribution in [0.3, 0.4) is 0 Å². The molecule has 2 aromatic heterocycles. The molecule has 2 amide bonds. The SMILES string of the molecule is O=C(Cc1cccc([N+](=O)[O-])c1)Nc1nnc([C@H]2CCC[C@H](c3nnc(NC(=O)Cc4cccc([N+](=O)[O-])c4)s3)C2)s1. The van der Waals surface area contributed by atoms with Gasteiger partial charge in [0.05, 0.1) is 22.7 Å². The Morgan fingerprint density at radius 1 is 0.762 bits per heavy atom. The standard InChI is InChI=1S/C26H24N8O6S2/c35-21(12-15-4-1-8-19(10-15)33(37)38)27-25-31-29-23(41-25)17-6-3-7-18(14-17)24-30-32-26(42-24)28-22(36)13-16-5-2-9-20(11-16)34(39)40/h1-2,4-5,8-11,17-18H,3,6-7,12-14H2,(H,27,31,35)(H,28,32,36)/t17-,18-/m0/s1. The van der Waals surface area contributed by atoms with E-state index in [0.29, 0.717) is 21.4 Å². The molecule has 2 N–H and O–H groups in total. The van der Waals surface area contributed by atoms with Crippen molar-refractivity contribution in [3.63, 3.8) is 0 Å². The Kier molecular flexibility index (Phi) is 8.83. The van der Waals surface area contributed by atoms with E-state index < -0.39 is 9.85 Å². The normalized spacial score (nSPS) is 16.5. The number of hydrogen-bond donors (Lipinski definition) is 2. The van der Waals surface area contributed by atoms with Crippen LogP contribution in [0.25, 0.3) is 0 Å². The molecule has 1 saturated carbocycles. The van der Waals surface area contributed by atoms with Gasteiger partial charge in [0.15, 0.2) is 0 Å². The van der Waals surface area contributed by atoms with Crippen molar-refractivity contribution in [2.24, 2.45) is 0 Å². The summed E-state index contributed by atoms with van der Waals surface area (Å²) in [4.78, 5) is 45.9. The lowest BCUT2D eigenvalue weighted by Crippen LogP contribution is -2.14. The van der Waals surface area contributed by atoms with Crippen LogP contribution in [0.1, 0.15) is 58.7 Å². The van der Waals surface area contributed by atoms with Crippen LogP contribution in [0, 0.1) is 20.2 Å². The number of carbonyl (C=O) groups is 2. The van der Waals surface area contributed by atoms with Gasteiger partial charge in [-0.2, -0.15) is 0 Å². The molecule has 0 radical (unpaired) electrons. The molecular formula is C26H24N8O6S2. The first-order chi connectivity index (χ1) is 20.2. The molecular weight excluding hydrogens is 584 g/mol. The first-order valence-electron chi connectivity index (χ1n) is 13.0. The molecule has 42 heavy (non-hydrogen) atoms. The predicted molar refractivity (Wildman–Crippen MR) is 155 cm³/mol. The van der Waals surface area contributed by atoms with Gasteiger partial charge in [0, 0.05) is 36.1 Å². The Labute approximate surface area is 246 Å². The number of rotatable bonds is 10. The van der Waals surface area contributed by atoms with Crippen molar-refractivity contribution in [1.29, 1.82) is 0 Å². The summed E-state index contributed by atoms with van der Waals surface area (Å²) >= 11 is 2.61. The number of carbonyl (C=O) groups excluding carboxylic acids is 2. The largest absolute Gasteiger partial charge is 0.300 e. The molecule has 0 spiro atoms. The maximum Gasteiger partial charge on any atom is 0.269 e. The fourth-order valence-electron chi connectivity index (χ4n) is 4.80. The van der Waals surface area contributed by atoms with E-state index >= 15 is 0 Å². The van der Waals surface area contributed by atoms with Crippen molar-refractivity contribution in [1.82, 2.24) is 20.4 Å². The number of nitrogens with one attached hydrogen (secondary N) is 2. The Balaban J connectivity index is 1.15. The quantitative estimate of drug-likeness (QED) is 0.182. The molecule has 216 valence electrons. The second-order valence-electron chi connectivity index (χ2n) is 9.76. The van der Waals surface area contributed by atoms with Gasteiger partial charge in [-0.1, -0.05) is 53.4 Å². The summed E-state index contributed by atoms with van der Waals surface area (Å²) in [6.45, 7) is 0. The van der Waals surface area contributed by atoms with E-state index in [2.05, 4.69) is 31.0 Å². The van der Waals surface area contributed by atoms with E-state index in [1.54, 1.807) is 24.3 Å². The summed E-state index contributed by atoms with van der Waals surface area (Å²) in [5.74, 6) is -0.429. The van der Waals surface area contributed by atoms with Gasteiger partial charge in [0.25, 0.3) is 11.4 Å². The third-order valence-corrected chi connectivity index (χ3v) is 8.72. The highest BCUT2D eigenvalue weighted by Crippen LogP contribution is 2.43. The zero-order valence-corrected chi connectivity index (χ0v) is 23.6. The lowest BCUT2D eigenvalue weighted by molar-refractivity contribution is -0.385. The topological polar surface area (TPSA) is 196 Å². The van der Waals surface area contributed by atoms with Crippen molar-refractivity contribution in [2.45, 2.75) is 50.4 Å². The molecule has 2 atom stereocenters. The van der Waals surface area contributed by atoms with E-state index in [4.69, 9.17) is 0 Å². The smallest absolute Gasteiger partial charge is 0.269 e. The van der Waals surface area contributed by atoms with Crippen LogP contribution in [0.5, 0.6) is 0 Å². The highest BCUT2D eigenvalue weighted by molar-refractivity contribution is 7.15. The molecule has 0 aliphatic heterocycles. The lowest BCUT2D eigenvalue weighted by Gasteiger charge is -2.25. The molecule has 0 saturated heterocycles. The minimum Gasteiger partial charge on any atom is -0.300 e. The van der Waals surface area contributed by atoms with E-state index in [1.807, 2.05) is 0 Å². The number of amides is 2. The Morgan fingerprint density at radius 2 is 1.21 bits per heavy atom. The van der Waals surface area contributed by atoms with Crippen molar-refractivity contribution < 1.29 is 19.4 Å². The van der Waals surface area contributed by atoms with E-state index in [-0.39, 0.29) is 47.9 Å². The van der Waals surface area contributed by atoms with Crippen LogP contribution in [0.2, 0.25) is 0 Å². The van der Waals surface area contributed by atoms with Gasteiger partial charge in [-0.15, -0.1) is 20.4 Å². The molecule has 4 aromatic rings. The number of nitro benzene ring substituents is 2. The van der Waals surface area contributed by atoms with Crippen LogP contribution < -0.4 is 10.6 Å². The lowest BCUT2D eigenvalue weighted by atomic mass is 9.82. The average molecular weight is 609 g/mol. The van der Waals surface area contributed by atoms with Crippen LogP contribution >= 0.6 is 22.7 Å². The Hall–Kier alpha value is -4.70. The highest BCUT2D eigenvalue weighted by Gasteiger charge is 2.29. The first-order valence-corrected chi connectivity index (χ1v) is 14.6. The third-order valence-electron chi connectivity index (χ3n) is 6.72. The summed E-state index contributed by atoms with van der Waals surface area (Å²) in [5, 5.41) is 46.6. The fraction of sp³-hybridized carbons (Fsp3) is 0.308. The molecule has 5 rings (SSSR count). The van der Waals surface area contributed by atoms with Crippen LogP contribution in [-0.2, 0) is 22.4 Å². The molecule has 1 aliphatic carbocycles. The van der Waals surface area contributed by atoms with Crippen molar-refractivity contribution in [3.8, 4) is 0 Å². The van der Waals surface area contributed by atoms with E-state index in [9.17, 15) is 29.8 Å². The molecule has 1 fully saturated rings. The maximum atomic E-state index is 12.5. The van der Waals surface area contributed by atoms with Crippen LogP contribution in [0.15, 0.2) is 48.5 Å². The number of hydrogen-bond acceptors (Lipinski definition) is 12. The number of nitro groups is 2. The molecule has 16 heteroatoms. The fourth-order valence-corrected chi connectivity index (χ4v) is 6.61. The number of aromatic nitrogens is 4. The van der Waals surface area contributed by atoms with Gasteiger partial charge in [0.2, 0.25) is 22.1 Å². The molecule has 2 aromatic carbocycles. The van der Waals surface area contributed by atoms with Gasteiger partial charge in [0.1, 0.15) is 10.0 Å². The highest BCUT2D eigenvalue weighted by atomic mass is 32.1. The number of non-ortho nitro benzene ring substituents is 2. The third kappa shape index (κ3) is 7.32. The van der Waals surface area contributed by atoms with Crippen molar-refractivity contribution in [3.05, 3.63) is 89.9 Å². The van der Waals surface area contributed by atoms with Gasteiger partial charge in [-0.25, -0.2) is 0 Å². The van der Waals surface area contributed by atoms with Crippen LogP contribution in [-0.4, -0.2) is 42.1 Å². The van der Waals surface area contributed by atoms with Gasteiger partial charge < -0.3 is 10.6 Å². The predicted octanol–water partition coefficient (Wildman–Crippen LogP) is 5.01. The summed E-state index contributed by atoms with van der Waals surface area (Å²) in [5.41, 5.74) is 0.906. The van der Waals surface area contributed by atoms with Crippen molar-refractivity contribution >= 4 is 56.1 Å². The summed E-state index contributed by atoms with van der Waals surface area (Å²) in [6.07, 6.45) is 3.49. The Bertz CT molecular complexity index is 1520. The van der Waals surface area contributed by atoms with Crippen LogP contribution in [0.4, 0.5) is 21.6 Å². The van der Waals surface area contributed by atoms with Gasteiger partial charge in [-0.3, -0.25) is 29.8 Å².